The molecule has 9 heteroatoms. The molecular weight excluding hydrogens is 325 g/mol. The molecule has 0 saturated heterocycles. The molecule has 1 N–H and O–H groups in total. The molecule has 3 rings (SSSR count). The molecule has 0 aliphatic heterocycles. The lowest BCUT2D eigenvalue weighted by Crippen LogP contribution is -1.89. The predicted molar refractivity (Wildman–Crippen MR) is 82.8 cm³/mol. The fraction of sp³-hybridized carbons (Fsp3) is 0.231. The molecular formula is C13H12FN5OS2. The molecule has 6 nitrogen and oxygen atoms in total. The first-order valence-electron chi connectivity index (χ1n) is 6.53. The quantitative estimate of drug-likeness (QED) is 0.688. The molecule has 0 saturated carbocycles. The largest absolute Gasteiger partial charge is 0.424 e. The second kappa shape index (κ2) is 6.84. The van der Waals surface area contributed by atoms with E-state index >= 15 is 0 Å². The maximum Gasteiger partial charge on any atom is 0.226 e. The number of hydrogen-bond donors (Lipinski definition) is 1. The summed E-state index contributed by atoms with van der Waals surface area (Å²) in [6.45, 7) is 1.96. The smallest absolute Gasteiger partial charge is 0.226 e. The van der Waals surface area contributed by atoms with Crippen molar-refractivity contribution >= 4 is 33.9 Å². The van der Waals surface area contributed by atoms with Gasteiger partial charge in [0.1, 0.15) is 5.82 Å². The molecule has 0 bridgehead atoms. The number of hydrogen-bond acceptors (Lipinski definition) is 8. The third-order valence-electron chi connectivity index (χ3n) is 2.63. The van der Waals surface area contributed by atoms with Crippen LogP contribution in [0.5, 0.6) is 0 Å². The second-order valence-electron chi connectivity index (χ2n) is 4.24. The van der Waals surface area contributed by atoms with E-state index in [9.17, 15) is 4.39 Å². The lowest BCUT2D eigenvalue weighted by atomic mass is 10.3. The summed E-state index contributed by atoms with van der Waals surface area (Å²) in [5.74, 6) is 1.49. The SMILES string of the molecule is CCc1nnc(CSc2nnc(Nc3ccc(F)cc3)s2)o1. The van der Waals surface area contributed by atoms with E-state index in [1.807, 2.05) is 6.92 Å². The zero-order valence-electron chi connectivity index (χ0n) is 11.6. The molecule has 0 aliphatic carbocycles. The van der Waals surface area contributed by atoms with E-state index in [0.29, 0.717) is 22.7 Å². The van der Waals surface area contributed by atoms with Gasteiger partial charge in [0.2, 0.25) is 16.9 Å². The molecule has 3 aromatic rings. The van der Waals surface area contributed by atoms with Crippen molar-refractivity contribution in [2.45, 2.75) is 23.4 Å². The fourth-order valence-electron chi connectivity index (χ4n) is 1.59. The molecule has 0 unspecified atom stereocenters. The molecule has 0 radical (unpaired) electrons. The van der Waals surface area contributed by atoms with Gasteiger partial charge in [-0.1, -0.05) is 30.0 Å². The number of halogens is 1. The summed E-state index contributed by atoms with van der Waals surface area (Å²) in [5, 5.41) is 19.7. The predicted octanol–water partition coefficient (Wildman–Crippen LogP) is 3.66. The zero-order valence-corrected chi connectivity index (χ0v) is 13.2. The highest BCUT2D eigenvalue weighted by Crippen LogP contribution is 2.29. The van der Waals surface area contributed by atoms with Crippen LogP contribution in [0.15, 0.2) is 33.0 Å². The average molecular weight is 337 g/mol. The van der Waals surface area contributed by atoms with Gasteiger partial charge in [-0.15, -0.1) is 20.4 Å². The van der Waals surface area contributed by atoms with Crippen LogP contribution >= 0.6 is 23.1 Å². The minimum absolute atomic E-state index is 0.273. The first kappa shape index (κ1) is 14.9. The Balaban J connectivity index is 1.57. The highest BCUT2D eigenvalue weighted by molar-refractivity contribution is 8.00. The third kappa shape index (κ3) is 3.80. The fourth-order valence-corrected chi connectivity index (χ4v) is 3.20. The zero-order chi connectivity index (χ0) is 15.4. The average Bonchev–Trinajstić information content (AvgIpc) is 3.16. The monoisotopic (exact) mass is 337 g/mol. The summed E-state index contributed by atoms with van der Waals surface area (Å²) >= 11 is 2.89. The summed E-state index contributed by atoms with van der Waals surface area (Å²) in [6.07, 6.45) is 0.724. The van der Waals surface area contributed by atoms with Crippen LogP contribution < -0.4 is 5.32 Å². The Labute approximate surface area is 134 Å². The van der Waals surface area contributed by atoms with Crippen molar-refractivity contribution in [3.8, 4) is 0 Å². The Morgan fingerprint density at radius 2 is 1.91 bits per heavy atom. The standard InChI is InChI=1S/C13H12FN5OS2/c1-2-10-16-17-11(20-10)7-21-13-19-18-12(22-13)15-9-5-3-8(14)4-6-9/h3-6H,2,7H2,1H3,(H,15,18). The van der Waals surface area contributed by atoms with Crippen molar-refractivity contribution in [2.75, 3.05) is 5.32 Å². The minimum Gasteiger partial charge on any atom is -0.424 e. The Bertz CT molecular complexity index is 743. The highest BCUT2D eigenvalue weighted by Gasteiger charge is 2.09. The molecule has 1 aromatic carbocycles. The van der Waals surface area contributed by atoms with E-state index in [1.54, 1.807) is 12.1 Å². The van der Waals surface area contributed by atoms with Crippen LogP contribution in [0.25, 0.3) is 0 Å². The van der Waals surface area contributed by atoms with Crippen molar-refractivity contribution in [3.05, 3.63) is 41.9 Å². The van der Waals surface area contributed by atoms with Gasteiger partial charge < -0.3 is 9.73 Å². The van der Waals surface area contributed by atoms with Crippen molar-refractivity contribution in [1.29, 1.82) is 0 Å². The maximum absolute atomic E-state index is 12.8. The molecule has 0 aliphatic rings. The van der Waals surface area contributed by atoms with Crippen molar-refractivity contribution in [1.82, 2.24) is 20.4 Å². The van der Waals surface area contributed by atoms with E-state index in [1.165, 1.54) is 35.2 Å². The van der Waals surface area contributed by atoms with Gasteiger partial charge in [-0.2, -0.15) is 0 Å². The lowest BCUT2D eigenvalue weighted by molar-refractivity contribution is 0.470. The summed E-state index contributed by atoms with van der Waals surface area (Å²) in [5.41, 5.74) is 0.763. The summed E-state index contributed by atoms with van der Waals surface area (Å²) in [7, 11) is 0. The van der Waals surface area contributed by atoms with E-state index in [2.05, 4.69) is 25.7 Å². The Hall–Kier alpha value is -2.00. The molecule has 2 heterocycles. The van der Waals surface area contributed by atoms with Gasteiger partial charge in [0, 0.05) is 12.1 Å². The number of benzene rings is 1. The number of nitrogens with zero attached hydrogens (tertiary/aromatic N) is 4. The van der Waals surface area contributed by atoms with Gasteiger partial charge in [-0.05, 0) is 24.3 Å². The summed E-state index contributed by atoms with van der Waals surface area (Å²) < 4.78 is 19.1. The summed E-state index contributed by atoms with van der Waals surface area (Å²) in [4.78, 5) is 0. The van der Waals surface area contributed by atoms with Crippen LogP contribution in [0, 0.1) is 5.82 Å². The molecule has 2 aromatic heterocycles. The molecule has 0 fully saturated rings. The molecule has 114 valence electrons. The number of anilines is 2. The lowest BCUT2D eigenvalue weighted by Gasteiger charge is -2.00. The topological polar surface area (TPSA) is 76.7 Å². The number of aryl methyl sites for hydroxylation is 1. The Morgan fingerprint density at radius 1 is 1.14 bits per heavy atom. The number of rotatable bonds is 6. The minimum atomic E-state index is -0.273. The van der Waals surface area contributed by atoms with Crippen LogP contribution in [0.1, 0.15) is 18.7 Å². The molecule has 0 amide bonds. The van der Waals surface area contributed by atoms with Crippen LogP contribution in [-0.2, 0) is 12.2 Å². The maximum atomic E-state index is 12.8. The van der Waals surface area contributed by atoms with E-state index in [4.69, 9.17) is 4.42 Å². The van der Waals surface area contributed by atoms with E-state index in [-0.39, 0.29) is 5.82 Å². The van der Waals surface area contributed by atoms with Crippen molar-refractivity contribution < 1.29 is 8.81 Å². The van der Waals surface area contributed by atoms with Gasteiger partial charge in [0.15, 0.2) is 4.34 Å². The van der Waals surface area contributed by atoms with E-state index < -0.39 is 0 Å². The first-order chi connectivity index (χ1) is 10.7. The van der Waals surface area contributed by atoms with E-state index in [0.717, 1.165) is 16.4 Å². The Kier molecular flexibility index (Phi) is 4.64. The molecule has 0 spiro atoms. The van der Waals surface area contributed by atoms with Crippen LogP contribution in [0.3, 0.4) is 0 Å². The summed E-state index contributed by atoms with van der Waals surface area (Å²) in [6, 6.07) is 6.07. The van der Waals surface area contributed by atoms with Gasteiger partial charge in [0.25, 0.3) is 0 Å². The van der Waals surface area contributed by atoms with Gasteiger partial charge in [-0.25, -0.2) is 4.39 Å². The Morgan fingerprint density at radius 3 is 2.64 bits per heavy atom. The van der Waals surface area contributed by atoms with Crippen molar-refractivity contribution in [3.63, 3.8) is 0 Å². The highest BCUT2D eigenvalue weighted by atomic mass is 32.2. The number of nitrogens with one attached hydrogen (secondary N) is 1. The normalized spacial score (nSPS) is 10.8. The van der Waals surface area contributed by atoms with Crippen molar-refractivity contribution in [2.24, 2.45) is 0 Å². The number of aromatic nitrogens is 4. The number of thioether (sulfide) groups is 1. The first-order valence-corrected chi connectivity index (χ1v) is 8.33. The van der Waals surface area contributed by atoms with Crippen LogP contribution in [0.2, 0.25) is 0 Å². The van der Waals surface area contributed by atoms with Gasteiger partial charge >= 0.3 is 0 Å². The molecule has 22 heavy (non-hydrogen) atoms. The van der Waals surface area contributed by atoms with Crippen LogP contribution in [-0.4, -0.2) is 20.4 Å². The van der Waals surface area contributed by atoms with Gasteiger partial charge in [0.05, 0.1) is 5.75 Å². The van der Waals surface area contributed by atoms with Gasteiger partial charge in [-0.3, -0.25) is 0 Å². The molecule has 0 atom stereocenters. The van der Waals surface area contributed by atoms with Crippen LogP contribution in [0.4, 0.5) is 15.2 Å². The second-order valence-corrected chi connectivity index (χ2v) is 6.44. The third-order valence-corrected chi connectivity index (χ3v) is 4.59.